The summed E-state index contributed by atoms with van der Waals surface area (Å²) in [6.45, 7) is 4.29. The van der Waals surface area contributed by atoms with Crippen molar-refractivity contribution < 1.29 is 13.2 Å². The first-order valence-electron chi connectivity index (χ1n) is 5.26. The Labute approximate surface area is 92.6 Å². The van der Waals surface area contributed by atoms with Gasteiger partial charge in [0.1, 0.15) is 0 Å². The van der Waals surface area contributed by atoms with Crippen LogP contribution in [0.4, 0.5) is 18.9 Å². The second-order valence-electron chi connectivity index (χ2n) is 3.86. The number of anilines is 1. The van der Waals surface area contributed by atoms with Crippen molar-refractivity contribution in [2.75, 3.05) is 5.32 Å². The molecule has 1 unspecified atom stereocenters. The molecule has 0 aliphatic carbocycles. The highest BCUT2D eigenvalue weighted by Crippen LogP contribution is 2.23. The smallest absolute Gasteiger partial charge is 0.380 e. The standard InChI is InChI=1S/C10H16F3N3/c1-3-4-16-7-9(6-14-16)15-8(2)5-10(11,12)13/h6-8,15H,3-5H2,1-2H3. The van der Waals surface area contributed by atoms with Gasteiger partial charge in [-0.1, -0.05) is 6.92 Å². The normalized spacial score (nSPS) is 13.8. The fourth-order valence-corrected chi connectivity index (χ4v) is 1.47. The Morgan fingerprint density at radius 3 is 2.75 bits per heavy atom. The number of alkyl halides is 3. The van der Waals surface area contributed by atoms with Crippen molar-refractivity contribution >= 4 is 5.69 Å². The van der Waals surface area contributed by atoms with E-state index in [0.717, 1.165) is 13.0 Å². The summed E-state index contributed by atoms with van der Waals surface area (Å²) in [5, 5.41) is 6.80. The van der Waals surface area contributed by atoms with Gasteiger partial charge in [0, 0.05) is 18.8 Å². The number of rotatable bonds is 5. The summed E-state index contributed by atoms with van der Waals surface area (Å²) in [6.07, 6.45) is -0.768. The number of nitrogens with zero attached hydrogens (tertiary/aromatic N) is 2. The van der Waals surface area contributed by atoms with Crippen molar-refractivity contribution in [1.82, 2.24) is 9.78 Å². The molecule has 92 valence electrons. The predicted molar refractivity (Wildman–Crippen MR) is 56.3 cm³/mol. The molecule has 0 bridgehead atoms. The zero-order valence-electron chi connectivity index (χ0n) is 9.38. The third-order valence-electron chi connectivity index (χ3n) is 2.04. The van der Waals surface area contributed by atoms with Crippen molar-refractivity contribution in [3.8, 4) is 0 Å². The molecular formula is C10H16F3N3. The van der Waals surface area contributed by atoms with Gasteiger partial charge in [-0.05, 0) is 13.3 Å². The van der Waals surface area contributed by atoms with Crippen molar-refractivity contribution in [2.24, 2.45) is 0 Å². The molecule has 1 rings (SSSR count). The molecule has 3 nitrogen and oxygen atoms in total. The van der Waals surface area contributed by atoms with Crippen molar-refractivity contribution in [1.29, 1.82) is 0 Å². The Balaban J connectivity index is 2.46. The number of nitrogens with one attached hydrogen (secondary N) is 1. The number of hydrogen-bond donors (Lipinski definition) is 1. The molecule has 1 aromatic rings. The van der Waals surface area contributed by atoms with Crippen LogP contribution in [0.2, 0.25) is 0 Å². The summed E-state index contributed by atoms with van der Waals surface area (Å²) in [5.41, 5.74) is 0.630. The van der Waals surface area contributed by atoms with Crippen LogP contribution < -0.4 is 5.32 Å². The molecular weight excluding hydrogens is 219 g/mol. The summed E-state index contributed by atoms with van der Waals surface area (Å²) in [5.74, 6) is 0. The Morgan fingerprint density at radius 2 is 2.19 bits per heavy atom. The largest absolute Gasteiger partial charge is 0.391 e. The SMILES string of the molecule is CCCn1cc(NC(C)CC(F)(F)F)cn1. The molecule has 0 saturated heterocycles. The van der Waals surface area contributed by atoms with E-state index in [0.29, 0.717) is 5.69 Å². The number of halogens is 3. The summed E-state index contributed by atoms with van der Waals surface area (Å²) in [4.78, 5) is 0. The van der Waals surface area contributed by atoms with Crippen molar-refractivity contribution in [3.63, 3.8) is 0 Å². The first kappa shape index (κ1) is 12.9. The zero-order valence-corrected chi connectivity index (χ0v) is 9.38. The van der Waals surface area contributed by atoms with Gasteiger partial charge < -0.3 is 5.32 Å². The van der Waals surface area contributed by atoms with Gasteiger partial charge in [0.05, 0.1) is 18.3 Å². The quantitative estimate of drug-likeness (QED) is 0.850. The van der Waals surface area contributed by atoms with E-state index in [1.807, 2.05) is 6.92 Å². The van der Waals surface area contributed by atoms with Crippen LogP contribution in [0.1, 0.15) is 26.7 Å². The molecule has 0 saturated carbocycles. The molecule has 0 fully saturated rings. The molecule has 0 amide bonds. The van der Waals surface area contributed by atoms with Crippen molar-refractivity contribution in [3.05, 3.63) is 12.4 Å². The van der Waals surface area contributed by atoms with Crippen LogP contribution in [0.3, 0.4) is 0 Å². The molecule has 6 heteroatoms. The number of aryl methyl sites for hydroxylation is 1. The molecule has 1 aromatic heterocycles. The Bertz CT molecular complexity index is 319. The summed E-state index contributed by atoms with van der Waals surface area (Å²) in [6, 6.07) is -0.640. The Kier molecular flexibility index (Phi) is 4.20. The first-order valence-corrected chi connectivity index (χ1v) is 5.26. The average Bonchev–Trinajstić information content (AvgIpc) is 2.49. The average molecular weight is 235 g/mol. The van der Waals surface area contributed by atoms with E-state index in [1.54, 1.807) is 17.1 Å². The number of aromatic nitrogens is 2. The molecule has 1 heterocycles. The van der Waals surface area contributed by atoms with E-state index >= 15 is 0 Å². The van der Waals surface area contributed by atoms with Gasteiger partial charge in [0.15, 0.2) is 0 Å². The first-order chi connectivity index (χ1) is 7.40. The van der Waals surface area contributed by atoms with Crippen LogP contribution in [0.15, 0.2) is 12.4 Å². The lowest BCUT2D eigenvalue weighted by Gasteiger charge is -2.15. The predicted octanol–water partition coefficient (Wildman–Crippen LogP) is 3.05. The minimum atomic E-state index is -4.13. The van der Waals surface area contributed by atoms with Gasteiger partial charge in [-0.2, -0.15) is 18.3 Å². The summed E-state index contributed by atoms with van der Waals surface area (Å²) in [7, 11) is 0. The van der Waals surface area contributed by atoms with Crippen LogP contribution >= 0.6 is 0 Å². The monoisotopic (exact) mass is 235 g/mol. The van der Waals surface area contributed by atoms with Crippen LogP contribution in [0.25, 0.3) is 0 Å². The topological polar surface area (TPSA) is 29.9 Å². The second-order valence-corrected chi connectivity index (χ2v) is 3.86. The van der Waals surface area contributed by atoms with E-state index in [4.69, 9.17) is 0 Å². The highest BCUT2D eigenvalue weighted by atomic mass is 19.4. The molecule has 1 atom stereocenters. The van der Waals surface area contributed by atoms with Gasteiger partial charge in [0.2, 0.25) is 0 Å². The summed E-state index contributed by atoms with van der Waals surface area (Å²) >= 11 is 0. The lowest BCUT2D eigenvalue weighted by molar-refractivity contribution is -0.136. The molecule has 0 radical (unpaired) electrons. The maximum absolute atomic E-state index is 12.1. The maximum Gasteiger partial charge on any atom is 0.391 e. The van der Waals surface area contributed by atoms with E-state index in [2.05, 4.69) is 10.4 Å². The third-order valence-corrected chi connectivity index (χ3v) is 2.04. The minimum absolute atomic E-state index is 0.630. The molecule has 0 aliphatic rings. The summed E-state index contributed by atoms with van der Waals surface area (Å²) < 4.78 is 37.9. The van der Waals surface area contributed by atoms with E-state index < -0.39 is 18.6 Å². The minimum Gasteiger partial charge on any atom is -0.380 e. The second kappa shape index (κ2) is 5.23. The zero-order chi connectivity index (χ0) is 12.2. The highest BCUT2D eigenvalue weighted by molar-refractivity contribution is 5.39. The Morgan fingerprint density at radius 1 is 1.50 bits per heavy atom. The van der Waals surface area contributed by atoms with Gasteiger partial charge in [-0.3, -0.25) is 4.68 Å². The van der Waals surface area contributed by atoms with Crippen molar-refractivity contribution in [2.45, 2.75) is 45.5 Å². The van der Waals surface area contributed by atoms with Crippen LogP contribution in [-0.2, 0) is 6.54 Å². The third kappa shape index (κ3) is 4.55. The maximum atomic E-state index is 12.1. The van der Waals surface area contributed by atoms with Crippen LogP contribution in [0.5, 0.6) is 0 Å². The van der Waals surface area contributed by atoms with Gasteiger partial charge >= 0.3 is 6.18 Å². The van der Waals surface area contributed by atoms with Gasteiger partial charge in [-0.25, -0.2) is 0 Å². The van der Waals surface area contributed by atoms with E-state index in [-0.39, 0.29) is 0 Å². The van der Waals surface area contributed by atoms with Crippen LogP contribution in [0, 0.1) is 0 Å². The van der Waals surface area contributed by atoms with E-state index in [9.17, 15) is 13.2 Å². The van der Waals surface area contributed by atoms with Gasteiger partial charge in [-0.15, -0.1) is 0 Å². The Hall–Kier alpha value is -1.20. The molecule has 0 spiro atoms. The molecule has 0 aliphatic heterocycles. The highest BCUT2D eigenvalue weighted by Gasteiger charge is 2.29. The lowest BCUT2D eigenvalue weighted by Crippen LogP contribution is -2.23. The van der Waals surface area contributed by atoms with Gasteiger partial charge in [0.25, 0.3) is 0 Å². The molecule has 1 N–H and O–H groups in total. The van der Waals surface area contributed by atoms with Crippen LogP contribution in [-0.4, -0.2) is 22.0 Å². The lowest BCUT2D eigenvalue weighted by atomic mass is 10.2. The molecule has 16 heavy (non-hydrogen) atoms. The number of hydrogen-bond acceptors (Lipinski definition) is 2. The fraction of sp³-hybridized carbons (Fsp3) is 0.700. The fourth-order valence-electron chi connectivity index (χ4n) is 1.47. The molecule has 0 aromatic carbocycles. The van der Waals surface area contributed by atoms with E-state index in [1.165, 1.54) is 6.92 Å².